The summed E-state index contributed by atoms with van der Waals surface area (Å²) in [4.78, 5) is 13.5. The summed E-state index contributed by atoms with van der Waals surface area (Å²) in [6, 6.07) is 9.99. The largest absolute Gasteiger partial charge is 0.326 e. The van der Waals surface area contributed by atoms with E-state index in [1.165, 1.54) is 10.5 Å². The Kier molecular flexibility index (Phi) is 6.70. The third-order valence-corrected chi connectivity index (χ3v) is 3.29. The van der Waals surface area contributed by atoms with E-state index in [0.29, 0.717) is 12.6 Å². The molecule has 5 nitrogen and oxygen atoms in total. The van der Waals surface area contributed by atoms with Crippen LogP contribution in [0.5, 0.6) is 0 Å². The Morgan fingerprint density at radius 2 is 1.95 bits per heavy atom. The van der Waals surface area contributed by atoms with Gasteiger partial charge in [-0.05, 0) is 38.1 Å². The molecule has 0 aliphatic rings. The van der Waals surface area contributed by atoms with Gasteiger partial charge in [0, 0.05) is 25.3 Å². The van der Waals surface area contributed by atoms with Gasteiger partial charge in [0.2, 0.25) is 0 Å². The van der Waals surface area contributed by atoms with Crippen LogP contribution in [0.15, 0.2) is 24.3 Å². The van der Waals surface area contributed by atoms with Crippen molar-refractivity contribution in [1.82, 2.24) is 10.2 Å². The molecule has 2 atom stereocenters. The maximum absolute atomic E-state index is 12.0. The molecule has 1 aromatic rings. The minimum atomic E-state index is -0.204. The van der Waals surface area contributed by atoms with E-state index in [0.717, 1.165) is 12.2 Å². The number of anilines is 1. The average Bonchev–Trinajstić information content (AvgIpc) is 2.47. The fourth-order valence-electron chi connectivity index (χ4n) is 2.03. The molecule has 1 rings (SSSR count). The molecular formula is C16H24N4O. The first kappa shape index (κ1) is 17.0. The van der Waals surface area contributed by atoms with Crippen LogP contribution >= 0.6 is 0 Å². The van der Waals surface area contributed by atoms with Crippen LogP contribution in [-0.4, -0.2) is 31.1 Å². The highest BCUT2D eigenvalue weighted by Crippen LogP contribution is 2.16. The maximum Gasteiger partial charge on any atom is 0.321 e. The van der Waals surface area contributed by atoms with Gasteiger partial charge in [-0.25, -0.2) is 4.79 Å². The summed E-state index contributed by atoms with van der Waals surface area (Å²) in [5.74, 6) is -0.177. The minimum absolute atomic E-state index is 0.177. The molecule has 0 spiro atoms. The number of nitrogens with zero attached hydrogens (tertiary/aromatic N) is 2. The Hall–Kier alpha value is -2.06. The van der Waals surface area contributed by atoms with Crippen molar-refractivity contribution >= 4 is 11.7 Å². The SMILES string of the molecule is CCNC(C)c1ccc(NC(=O)N(C)CC(C)C#N)cc1. The van der Waals surface area contributed by atoms with E-state index in [1.807, 2.05) is 24.3 Å². The van der Waals surface area contributed by atoms with Crippen molar-refractivity contribution in [3.63, 3.8) is 0 Å². The number of hydrogen-bond donors (Lipinski definition) is 2. The van der Waals surface area contributed by atoms with Crippen LogP contribution in [0.25, 0.3) is 0 Å². The number of nitrogens with one attached hydrogen (secondary N) is 2. The van der Waals surface area contributed by atoms with E-state index in [2.05, 4.69) is 30.6 Å². The van der Waals surface area contributed by atoms with Crippen molar-refractivity contribution < 1.29 is 4.79 Å². The molecule has 0 saturated heterocycles. The predicted molar refractivity (Wildman–Crippen MR) is 85.0 cm³/mol. The molecule has 21 heavy (non-hydrogen) atoms. The third-order valence-electron chi connectivity index (χ3n) is 3.29. The van der Waals surface area contributed by atoms with Gasteiger partial charge >= 0.3 is 6.03 Å². The van der Waals surface area contributed by atoms with Gasteiger partial charge in [-0.15, -0.1) is 0 Å². The van der Waals surface area contributed by atoms with Crippen LogP contribution in [0, 0.1) is 17.2 Å². The summed E-state index contributed by atoms with van der Waals surface area (Å²) in [6.07, 6.45) is 0. The Morgan fingerprint density at radius 3 is 2.48 bits per heavy atom. The summed E-state index contributed by atoms with van der Waals surface area (Å²) >= 11 is 0. The van der Waals surface area contributed by atoms with Crippen molar-refractivity contribution in [3.8, 4) is 6.07 Å². The highest BCUT2D eigenvalue weighted by Gasteiger charge is 2.12. The summed E-state index contributed by atoms with van der Waals surface area (Å²) in [7, 11) is 1.69. The zero-order chi connectivity index (χ0) is 15.8. The van der Waals surface area contributed by atoms with E-state index in [9.17, 15) is 4.79 Å². The summed E-state index contributed by atoms with van der Waals surface area (Å²) in [5.41, 5.74) is 1.94. The molecule has 0 aromatic heterocycles. The Bertz CT molecular complexity index is 492. The second-order valence-corrected chi connectivity index (χ2v) is 5.24. The maximum atomic E-state index is 12.0. The van der Waals surface area contributed by atoms with E-state index < -0.39 is 0 Å². The number of rotatable bonds is 6. The normalized spacial score (nSPS) is 13.1. The fourth-order valence-corrected chi connectivity index (χ4v) is 2.03. The number of nitriles is 1. The highest BCUT2D eigenvalue weighted by atomic mass is 16.2. The molecule has 2 amide bonds. The molecule has 5 heteroatoms. The molecule has 0 heterocycles. The first-order chi connectivity index (χ1) is 9.97. The predicted octanol–water partition coefficient (Wildman–Crippen LogP) is 2.98. The second-order valence-electron chi connectivity index (χ2n) is 5.24. The molecule has 0 fully saturated rings. The van der Waals surface area contributed by atoms with Gasteiger partial charge in [0.05, 0.1) is 12.0 Å². The Balaban J connectivity index is 2.59. The van der Waals surface area contributed by atoms with Crippen LogP contribution in [0.2, 0.25) is 0 Å². The molecule has 0 aliphatic carbocycles. The summed E-state index contributed by atoms with van der Waals surface area (Å²) in [6.45, 7) is 7.30. The lowest BCUT2D eigenvalue weighted by Crippen LogP contribution is -2.34. The Morgan fingerprint density at radius 1 is 1.33 bits per heavy atom. The fraction of sp³-hybridized carbons (Fsp3) is 0.500. The van der Waals surface area contributed by atoms with Gasteiger partial charge in [-0.2, -0.15) is 5.26 Å². The van der Waals surface area contributed by atoms with Gasteiger partial charge in [0.1, 0.15) is 0 Å². The molecule has 0 saturated carbocycles. The standard InChI is InChI=1S/C16H24N4O/c1-5-18-13(3)14-6-8-15(9-7-14)19-16(21)20(4)11-12(2)10-17/h6-9,12-13,18H,5,11H2,1-4H3,(H,19,21). The van der Waals surface area contributed by atoms with Crippen molar-refractivity contribution in [2.24, 2.45) is 5.92 Å². The quantitative estimate of drug-likeness (QED) is 0.845. The van der Waals surface area contributed by atoms with Crippen LogP contribution in [0.3, 0.4) is 0 Å². The molecule has 0 aliphatic heterocycles. The lowest BCUT2D eigenvalue weighted by molar-refractivity contribution is 0.219. The summed E-state index contributed by atoms with van der Waals surface area (Å²) in [5, 5.41) is 14.9. The van der Waals surface area contributed by atoms with Crippen LogP contribution in [0.4, 0.5) is 10.5 Å². The van der Waals surface area contributed by atoms with Crippen molar-refractivity contribution in [3.05, 3.63) is 29.8 Å². The van der Waals surface area contributed by atoms with Crippen LogP contribution in [-0.2, 0) is 0 Å². The van der Waals surface area contributed by atoms with Crippen LogP contribution < -0.4 is 10.6 Å². The molecular weight excluding hydrogens is 264 g/mol. The molecule has 114 valence electrons. The first-order valence-electron chi connectivity index (χ1n) is 7.23. The molecule has 2 N–H and O–H groups in total. The number of amides is 2. The van der Waals surface area contributed by atoms with Gasteiger partial charge < -0.3 is 15.5 Å². The zero-order valence-corrected chi connectivity index (χ0v) is 13.2. The average molecular weight is 288 g/mol. The van der Waals surface area contributed by atoms with Gasteiger partial charge in [0.15, 0.2) is 0 Å². The van der Waals surface area contributed by atoms with Gasteiger partial charge in [-0.1, -0.05) is 19.1 Å². The van der Waals surface area contributed by atoms with Crippen LogP contribution in [0.1, 0.15) is 32.4 Å². The monoisotopic (exact) mass is 288 g/mol. The number of hydrogen-bond acceptors (Lipinski definition) is 3. The molecule has 1 aromatic carbocycles. The lowest BCUT2D eigenvalue weighted by atomic mass is 10.1. The number of carbonyl (C=O) groups excluding carboxylic acids is 1. The van der Waals surface area contributed by atoms with Gasteiger partial charge in [0.25, 0.3) is 0 Å². The topological polar surface area (TPSA) is 68.2 Å². The molecule has 2 unspecified atom stereocenters. The van der Waals surface area contributed by atoms with E-state index in [1.54, 1.807) is 14.0 Å². The number of urea groups is 1. The van der Waals surface area contributed by atoms with Crippen molar-refractivity contribution in [2.75, 3.05) is 25.5 Å². The molecule has 0 radical (unpaired) electrons. The smallest absolute Gasteiger partial charge is 0.321 e. The highest BCUT2D eigenvalue weighted by molar-refractivity contribution is 5.89. The van der Waals surface area contributed by atoms with Crippen molar-refractivity contribution in [1.29, 1.82) is 5.26 Å². The third kappa shape index (κ3) is 5.44. The van der Waals surface area contributed by atoms with Gasteiger partial charge in [-0.3, -0.25) is 0 Å². The minimum Gasteiger partial charge on any atom is -0.326 e. The second kappa shape index (κ2) is 8.28. The number of benzene rings is 1. The Labute approximate surface area is 126 Å². The zero-order valence-electron chi connectivity index (χ0n) is 13.2. The van der Waals surface area contributed by atoms with E-state index >= 15 is 0 Å². The number of carbonyl (C=O) groups is 1. The van der Waals surface area contributed by atoms with E-state index in [4.69, 9.17) is 5.26 Å². The van der Waals surface area contributed by atoms with Crippen molar-refractivity contribution in [2.45, 2.75) is 26.8 Å². The summed E-state index contributed by atoms with van der Waals surface area (Å²) < 4.78 is 0. The first-order valence-corrected chi connectivity index (χ1v) is 7.23. The lowest BCUT2D eigenvalue weighted by Gasteiger charge is -2.19. The molecule has 0 bridgehead atoms. The van der Waals surface area contributed by atoms with E-state index in [-0.39, 0.29) is 11.9 Å².